The molecule has 0 unspecified atom stereocenters. The van der Waals surface area contributed by atoms with Crippen LogP contribution in [-0.4, -0.2) is 17.0 Å². The summed E-state index contributed by atoms with van der Waals surface area (Å²) in [5, 5.41) is 11.5. The Kier molecular flexibility index (Phi) is 6.99. The standard InChI is InChI=1S/C19H17Br2NO4/c1-11-5-3-4-6-14(11)10-26-18-15(20)7-13(8-16(18)21)9-17(19(24)25)22-12(2)23/h3-9H,10H2,1-2H3,(H,22,23)(H,24,25)/b17-9+. The highest BCUT2D eigenvalue weighted by atomic mass is 79.9. The van der Waals surface area contributed by atoms with Gasteiger partial charge < -0.3 is 15.2 Å². The van der Waals surface area contributed by atoms with Gasteiger partial charge in [-0.2, -0.15) is 0 Å². The zero-order valence-electron chi connectivity index (χ0n) is 14.2. The van der Waals surface area contributed by atoms with Gasteiger partial charge in [0.1, 0.15) is 18.1 Å². The Balaban J connectivity index is 2.26. The smallest absolute Gasteiger partial charge is 0.352 e. The number of hydrogen-bond acceptors (Lipinski definition) is 3. The van der Waals surface area contributed by atoms with Gasteiger partial charge in [-0.3, -0.25) is 4.79 Å². The fourth-order valence-electron chi connectivity index (χ4n) is 2.23. The molecule has 2 aromatic carbocycles. The van der Waals surface area contributed by atoms with Crippen LogP contribution in [0.3, 0.4) is 0 Å². The minimum atomic E-state index is -1.22. The predicted octanol–water partition coefficient (Wildman–Crippen LogP) is 4.66. The van der Waals surface area contributed by atoms with Crippen LogP contribution in [0.2, 0.25) is 0 Å². The SMILES string of the molecule is CC(=O)N/C(=C/c1cc(Br)c(OCc2ccccc2C)c(Br)c1)C(=O)O. The number of rotatable bonds is 6. The summed E-state index contributed by atoms with van der Waals surface area (Å²) in [6.45, 7) is 3.68. The molecule has 0 atom stereocenters. The number of carbonyl (C=O) groups is 2. The molecule has 0 aliphatic heterocycles. The van der Waals surface area contributed by atoms with Gasteiger partial charge in [-0.1, -0.05) is 24.3 Å². The Bertz CT molecular complexity index is 855. The molecule has 26 heavy (non-hydrogen) atoms. The summed E-state index contributed by atoms with van der Waals surface area (Å²) in [4.78, 5) is 22.4. The van der Waals surface area contributed by atoms with Crippen molar-refractivity contribution in [3.05, 3.63) is 67.7 Å². The van der Waals surface area contributed by atoms with E-state index in [1.807, 2.05) is 31.2 Å². The molecule has 0 radical (unpaired) electrons. The van der Waals surface area contributed by atoms with E-state index in [1.54, 1.807) is 12.1 Å². The molecule has 0 saturated heterocycles. The summed E-state index contributed by atoms with van der Waals surface area (Å²) in [5.41, 5.74) is 2.61. The Morgan fingerprint density at radius 2 is 1.81 bits per heavy atom. The van der Waals surface area contributed by atoms with E-state index in [-0.39, 0.29) is 5.70 Å². The molecule has 0 aromatic heterocycles. The van der Waals surface area contributed by atoms with Crippen molar-refractivity contribution >= 4 is 49.8 Å². The van der Waals surface area contributed by atoms with Crippen molar-refractivity contribution in [3.8, 4) is 5.75 Å². The average Bonchev–Trinajstić information content (AvgIpc) is 2.54. The second kappa shape index (κ2) is 9.00. The molecule has 0 fully saturated rings. The minimum absolute atomic E-state index is 0.204. The Hall–Kier alpha value is -2.12. The van der Waals surface area contributed by atoms with Gasteiger partial charge in [0.25, 0.3) is 0 Å². The van der Waals surface area contributed by atoms with E-state index in [0.717, 1.165) is 11.1 Å². The summed E-state index contributed by atoms with van der Waals surface area (Å²) < 4.78 is 7.24. The molecule has 0 aliphatic rings. The highest BCUT2D eigenvalue weighted by molar-refractivity contribution is 9.11. The Labute approximate surface area is 168 Å². The molecule has 0 spiro atoms. The molecule has 1 amide bonds. The highest BCUT2D eigenvalue weighted by Crippen LogP contribution is 2.36. The van der Waals surface area contributed by atoms with Crippen molar-refractivity contribution < 1.29 is 19.4 Å². The third-order valence-electron chi connectivity index (χ3n) is 3.51. The zero-order valence-corrected chi connectivity index (χ0v) is 17.3. The number of aryl methyl sites for hydroxylation is 1. The lowest BCUT2D eigenvalue weighted by Crippen LogP contribution is -2.24. The van der Waals surface area contributed by atoms with Crippen LogP contribution in [0.5, 0.6) is 5.75 Å². The molecular weight excluding hydrogens is 466 g/mol. The van der Waals surface area contributed by atoms with Crippen LogP contribution in [-0.2, 0) is 16.2 Å². The molecule has 0 bridgehead atoms. The lowest BCUT2D eigenvalue weighted by molar-refractivity contribution is -0.134. The lowest BCUT2D eigenvalue weighted by atomic mass is 10.1. The van der Waals surface area contributed by atoms with Crippen molar-refractivity contribution in [1.29, 1.82) is 0 Å². The third-order valence-corrected chi connectivity index (χ3v) is 4.68. The van der Waals surface area contributed by atoms with E-state index in [4.69, 9.17) is 4.74 Å². The largest absolute Gasteiger partial charge is 0.487 e. The van der Waals surface area contributed by atoms with Crippen LogP contribution < -0.4 is 10.1 Å². The monoisotopic (exact) mass is 481 g/mol. The number of nitrogens with one attached hydrogen (secondary N) is 1. The Morgan fingerprint density at radius 1 is 1.19 bits per heavy atom. The summed E-state index contributed by atoms with van der Waals surface area (Å²) in [5.74, 6) is -1.05. The molecule has 2 N–H and O–H groups in total. The summed E-state index contributed by atoms with van der Waals surface area (Å²) in [7, 11) is 0. The maximum absolute atomic E-state index is 11.2. The number of ether oxygens (including phenoxy) is 1. The molecule has 2 aromatic rings. The molecule has 2 rings (SSSR count). The molecule has 136 valence electrons. The fourth-order valence-corrected chi connectivity index (χ4v) is 3.68. The van der Waals surface area contributed by atoms with Gasteiger partial charge in [-0.05, 0) is 73.7 Å². The topological polar surface area (TPSA) is 75.6 Å². The summed E-state index contributed by atoms with van der Waals surface area (Å²) >= 11 is 6.90. The first-order chi connectivity index (χ1) is 12.3. The van der Waals surface area contributed by atoms with Crippen molar-refractivity contribution in [3.63, 3.8) is 0 Å². The van der Waals surface area contributed by atoms with Crippen molar-refractivity contribution in [2.24, 2.45) is 0 Å². The number of amides is 1. The summed E-state index contributed by atoms with van der Waals surface area (Å²) in [6.07, 6.45) is 1.38. The normalized spacial score (nSPS) is 11.2. The lowest BCUT2D eigenvalue weighted by Gasteiger charge is -2.13. The molecule has 0 saturated carbocycles. The first-order valence-electron chi connectivity index (χ1n) is 7.67. The van der Waals surface area contributed by atoms with E-state index >= 15 is 0 Å². The van der Waals surface area contributed by atoms with Crippen LogP contribution in [0, 0.1) is 6.92 Å². The maximum atomic E-state index is 11.2. The number of halogens is 2. The average molecular weight is 483 g/mol. The summed E-state index contributed by atoms with van der Waals surface area (Å²) in [6, 6.07) is 11.4. The van der Waals surface area contributed by atoms with E-state index in [1.165, 1.54) is 13.0 Å². The molecule has 5 nitrogen and oxygen atoms in total. The van der Waals surface area contributed by atoms with Crippen molar-refractivity contribution in [2.45, 2.75) is 20.5 Å². The number of benzene rings is 2. The number of hydrogen-bond donors (Lipinski definition) is 2. The predicted molar refractivity (Wildman–Crippen MR) is 107 cm³/mol. The van der Waals surface area contributed by atoms with Gasteiger partial charge in [-0.25, -0.2) is 4.79 Å². The van der Waals surface area contributed by atoms with Crippen LogP contribution >= 0.6 is 31.9 Å². The van der Waals surface area contributed by atoms with Gasteiger partial charge in [0.2, 0.25) is 5.91 Å². The zero-order chi connectivity index (χ0) is 19.3. The number of carbonyl (C=O) groups excluding carboxylic acids is 1. The Morgan fingerprint density at radius 3 is 2.35 bits per heavy atom. The van der Waals surface area contributed by atoms with Gasteiger partial charge in [-0.15, -0.1) is 0 Å². The van der Waals surface area contributed by atoms with Gasteiger partial charge in [0, 0.05) is 6.92 Å². The second-order valence-corrected chi connectivity index (χ2v) is 7.28. The fraction of sp³-hybridized carbons (Fsp3) is 0.158. The van der Waals surface area contributed by atoms with Gasteiger partial charge in [0.15, 0.2) is 0 Å². The highest BCUT2D eigenvalue weighted by Gasteiger charge is 2.13. The van der Waals surface area contributed by atoms with E-state index in [2.05, 4.69) is 37.2 Å². The van der Waals surface area contributed by atoms with E-state index in [0.29, 0.717) is 26.9 Å². The number of carboxylic acids is 1. The molecule has 0 heterocycles. The first kappa shape index (κ1) is 20.2. The van der Waals surface area contributed by atoms with Gasteiger partial charge >= 0.3 is 5.97 Å². The first-order valence-corrected chi connectivity index (χ1v) is 9.25. The maximum Gasteiger partial charge on any atom is 0.352 e. The number of carboxylic acid groups (broad SMARTS) is 1. The number of aliphatic carboxylic acids is 1. The van der Waals surface area contributed by atoms with E-state index in [9.17, 15) is 14.7 Å². The molecule has 7 heteroatoms. The third kappa shape index (κ3) is 5.44. The molecule has 0 aliphatic carbocycles. The van der Waals surface area contributed by atoms with Crippen LogP contribution in [0.1, 0.15) is 23.6 Å². The van der Waals surface area contributed by atoms with Crippen molar-refractivity contribution in [1.82, 2.24) is 5.32 Å². The van der Waals surface area contributed by atoms with Crippen LogP contribution in [0.4, 0.5) is 0 Å². The quantitative estimate of drug-likeness (QED) is 0.587. The second-order valence-electron chi connectivity index (χ2n) is 5.57. The van der Waals surface area contributed by atoms with Crippen LogP contribution in [0.15, 0.2) is 51.0 Å². The molecular formula is C19H17Br2NO4. The minimum Gasteiger partial charge on any atom is -0.487 e. The van der Waals surface area contributed by atoms with Crippen LogP contribution in [0.25, 0.3) is 6.08 Å². The van der Waals surface area contributed by atoms with Crippen molar-refractivity contribution in [2.75, 3.05) is 0 Å². The van der Waals surface area contributed by atoms with E-state index < -0.39 is 11.9 Å². The van der Waals surface area contributed by atoms with Gasteiger partial charge in [0.05, 0.1) is 8.95 Å².